The molecule has 0 spiro atoms. The van der Waals surface area contributed by atoms with Crippen molar-refractivity contribution in [1.82, 2.24) is 10.2 Å². The van der Waals surface area contributed by atoms with E-state index in [1.165, 1.54) is 4.90 Å². The Labute approximate surface area is 195 Å². The zero-order valence-corrected chi connectivity index (χ0v) is 19.3. The highest BCUT2D eigenvalue weighted by Gasteiger charge is 2.35. The van der Waals surface area contributed by atoms with Crippen molar-refractivity contribution >= 4 is 17.8 Å². The van der Waals surface area contributed by atoms with E-state index in [0.29, 0.717) is 43.3 Å². The fourth-order valence-corrected chi connectivity index (χ4v) is 3.60. The molecule has 0 aromatic heterocycles. The molecule has 1 aliphatic heterocycles. The predicted molar refractivity (Wildman–Crippen MR) is 125 cm³/mol. The lowest BCUT2D eigenvalue weighted by atomic mass is 10.1. The highest BCUT2D eigenvalue weighted by Crippen LogP contribution is 2.19. The highest BCUT2D eigenvalue weighted by atomic mass is 16.5. The Morgan fingerprint density at radius 1 is 1.09 bits per heavy atom. The summed E-state index contributed by atoms with van der Waals surface area (Å²) in [5, 5.41) is 2.74. The van der Waals surface area contributed by atoms with Crippen LogP contribution in [0.1, 0.15) is 42.6 Å². The van der Waals surface area contributed by atoms with Gasteiger partial charge in [-0.3, -0.25) is 14.4 Å². The van der Waals surface area contributed by atoms with Gasteiger partial charge < -0.3 is 19.7 Å². The molecule has 0 saturated carbocycles. The number of amides is 2. The Morgan fingerprint density at radius 3 is 2.64 bits per heavy atom. The third-order valence-corrected chi connectivity index (χ3v) is 5.49. The summed E-state index contributed by atoms with van der Waals surface area (Å²) in [4.78, 5) is 39.6. The van der Waals surface area contributed by atoms with Crippen LogP contribution in [0.3, 0.4) is 0 Å². The van der Waals surface area contributed by atoms with Crippen LogP contribution in [-0.2, 0) is 20.7 Å². The summed E-state index contributed by atoms with van der Waals surface area (Å²) in [6, 6.07) is 15.7. The minimum absolute atomic E-state index is 0.184. The number of nitrogens with zero attached hydrogens (tertiary/aromatic N) is 1. The predicted octanol–water partition coefficient (Wildman–Crippen LogP) is 3.23. The smallest absolute Gasteiger partial charge is 0.308 e. The summed E-state index contributed by atoms with van der Waals surface area (Å²) in [5.41, 5.74) is 1.49. The number of nitrogens with one attached hydrogen (secondary N) is 1. The molecule has 2 aromatic rings. The van der Waals surface area contributed by atoms with E-state index in [4.69, 9.17) is 9.47 Å². The second-order valence-electron chi connectivity index (χ2n) is 8.52. The molecule has 1 fully saturated rings. The maximum Gasteiger partial charge on any atom is 0.308 e. The Hall–Kier alpha value is -3.35. The normalized spacial score (nSPS) is 15.8. The van der Waals surface area contributed by atoms with Crippen LogP contribution in [0.5, 0.6) is 5.75 Å². The fourth-order valence-electron chi connectivity index (χ4n) is 3.60. The van der Waals surface area contributed by atoms with Gasteiger partial charge in [0.15, 0.2) is 0 Å². The van der Waals surface area contributed by atoms with E-state index in [2.05, 4.69) is 19.2 Å². The third kappa shape index (κ3) is 7.34. The molecule has 1 atom stereocenters. The molecule has 0 bridgehead atoms. The minimum Gasteiger partial charge on any atom is -0.494 e. The number of carbonyl (C=O) groups is 3. The number of esters is 1. The summed E-state index contributed by atoms with van der Waals surface area (Å²) in [7, 11) is 0. The molecule has 2 amide bonds. The van der Waals surface area contributed by atoms with Gasteiger partial charge in [-0.05, 0) is 36.1 Å². The average Bonchev–Trinajstić information content (AvgIpc) is 2.80. The summed E-state index contributed by atoms with van der Waals surface area (Å²) in [6.45, 7) is 5.70. The second kappa shape index (κ2) is 12.0. The first-order valence-electron chi connectivity index (χ1n) is 11.4. The van der Waals surface area contributed by atoms with Crippen molar-refractivity contribution in [3.63, 3.8) is 0 Å². The molecule has 33 heavy (non-hydrogen) atoms. The van der Waals surface area contributed by atoms with Gasteiger partial charge in [0.1, 0.15) is 11.8 Å². The van der Waals surface area contributed by atoms with Crippen molar-refractivity contribution < 1.29 is 23.9 Å². The summed E-state index contributed by atoms with van der Waals surface area (Å²) >= 11 is 0. The Morgan fingerprint density at radius 2 is 1.88 bits per heavy atom. The highest BCUT2D eigenvalue weighted by molar-refractivity contribution is 5.99. The number of carbonyl (C=O) groups excluding carboxylic acids is 3. The average molecular weight is 453 g/mol. The number of rotatable bonds is 10. The lowest BCUT2D eigenvalue weighted by Crippen LogP contribution is -2.57. The van der Waals surface area contributed by atoms with Gasteiger partial charge >= 0.3 is 5.97 Å². The van der Waals surface area contributed by atoms with E-state index in [9.17, 15) is 14.4 Å². The van der Waals surface area contributed by atoms with Crippen LogP contribution in [0.15, 0.2) is 54.6 Å². The van der Waals surface area contributed by atoms with Gasteiger partial charge in [-0.15, -0.1) is 0 Å². The molecule has 1 aliphatic rings. The van der Waals surface area contributed by atoms with Crippen LogP contribution in [0.4, 0.5) is 0 Å². The molecule has 176 valence electrons. The Bertz CT molecular complexity index is 945. The van der Waals surface area contributed by atoms with Crippen LogP contribution in [0, 0.1) is 5.92 Å². The van der Waals surface area contributed by atoms with Crippen LogP contribution >= 0.6 is 0 Å². The molecule has 1 saturated heterocycles. The molecule has 7 heteroatoms. The van der Waals surface area contributed by atoms with E-state index in [1.807, 2.05) is 36.4 Å². The van der Waals surface area contributed by atoms with E-state index in [0.717, 1.165) is 12.0 Å². The maximum atomic E-state index is 13.2. The standard InChI is InChI=1S/C26H32N2O5/c1-19(2)11-15-32-22-10-6-9-21(17-22)26(31)28-14-13-27-25(30)23(28)18-24(29)33-16-12-20-7-4-3-5-8-20/h3-10,17,19,23H,11-16,18H2,1-2H3,(H,27,30). The van der Waals surface area contributed by atoms with Crippen molar-refractivity contribution in [3.8, 4) is 5.75 Å². The third-order valence-electron chi connectivity index (χ3n) is 5.49. The molecule has 1 unspecified atom stereocenters. The van der Waals surface area contributed by atoms with Gasteiger partial charge in [-0.25, -0.2) is 0 Å². The molecular formula is C26H32N2O5. The van der Waals surface area contributed by atoms with Crippen LogP contribution in [0.2, 0.25) is 0 Å². The molecule has 0 radical (unpaired) electrons. The van der Waals surface area contributed by atoms with Crippen molar-refractivity contribution in [2.45, 2.75) is 39.2 Å². The second-order valence-corrected chi connectivity index (χ2v) is 8.52. The summed E-state index contributed by atoms with van der Waals surface area (Å²) in [5.74, 6) is -0.0218. The zero-order valence-electron chi connectivity index (χ0n) is 19.3. The Balaban J connectivity index is 1.60. The quantitative estimate of drug-likeness (QED) is 0.560. The molecule has 0 aliphatic carbocycles. The minimum atomic E-state index is -0.902. The maximum absolute atomic E-state index is 13.2. The van der Waals surface area contributed by atoms with Gasteiger partial charge in [0.05, 0.1) is 19.6 Å². The first kappa shape index (κ1) is 24.3. The molecule has 2 aromatic carbocycles. The summed E-state index contributed by atoms with van der Waals surface area (Å²) in [6.07, 6.45) is 1.32. The Kier molecular flexibility index (Phi) is 8.87. The molecule has 3 rings (SSSR count). The number of benzene rings is 2. The fraction of sp³-hybridized carbons (Fsp3) is 0.423. The number of hydrogen-bond donors (Lipinski definition) is 1. The van der Waals surface area contributed by atoms with Crippen LogP contribution < -0.4 is 10.1 Å². The molecule has 1 heterocycles. The van der Waals surface area contributed by atoms with E-state index in [1.54, 1.807) is 18.2 Å². The van der Waals surface area contributed by atoms with Crippen molar-refractivity contribution in [2.24, 2.45) is 5.92 Å². The first-order valence-corrected chi connectivity index (χ1v) is 11.4. The molecule has 7 nitrogen and oxygen atoms in total. The lowest BCUT2D eigenvalue weighted by molar-refractivity contribution is -0.147. The zero-order chi connectivity index (χ0) is 23.6. The first-order chi connectivity index (χ1) is 15.9. The van der Waals surface area contributed by atoms with Gasteiger partial charge in [0.2, 0.25) is 5.91 Å². The van der Waals surface area contributed by atoms with Gasteiger partial charge in [0.25, 0.3) is 5.91 Å². The van der Waals surface area contributed by atoms with Crippen LogP contribution in [0.25, 0.3) is 0 Å². The number of hydrogen-bond acceptors (Lipinski definition) is 5. The molecular weight excluding hydrogens is 420 g/mol. The number of ether oxygens (including phenoxy) is 2. The van der Waals surface area contributed by atoms with E-state index < -0.39 is 12.0 Å². The van der Waals surface area contributed by atoms with Gasteiger partial charge in [-0.1, -0.05) is 50.2 Å². The monoisotopic (exact) mass is 452 g/mol. The number of piperazine rings is 1. The van der Waals surface area contributed by atoms with E-state index in [-0.39, 0.29) is 24.8 Å². The van der Waals surface area contributed by atoms with Crippen molar-refractivity contribution in [3.05, 3.63) is 65.7 Å². The van der Waals surface area contributed by atoms with Gasteiger partial charge in [-0.2, -0.15) is 0 Å². The molecule has 1 N–H and O–H groups in total. The van der Waals surface area contributed by atoms with E-state index >= 15 is 0 Å². The van der Waals surface area contributed by atoms with Crippen LogP contribution in [-0.4, -0.2) is 55.0 Å². The van der Waals surface area contributed by atoms with Gasteiger partial charge in [0, 0.05) is 25.1 Å². The largest absolute Gasteiger partial charge is 0.494 e. The van der Waals surface area contributed by atoms with Crippen molar-refractivity contribution in [2.75, 3.05) is 26.3 Å². The topological polar surface area (TPSA) is 84.9 Å². The SMILES string of the molecule is CC(C)CCOc1cccc(C(=O)N2CCNC(=O)C2CC(=O)OCCc2ccccc2)c1. The van der Waals surface area contributed by atoms with Crippen molar-refractivity contribution in [1.29, 1.82) is 0 Å². The summed E-state index contributed by atoms with van der Waals surface area (Å²) < 4.78 is 11.1. The lowest BCUT2D eigenvalue weighted by Gasteiger charge is -2.34.